The Morgan fingerprint density at radius 2 is 2.16 bits per heavy atom. The fourth-order valence-corrected chi connectivity index (χ4v) is 2.04. The summed E-state index contributed by atoms with van der Waals surface area (Å²) in [5.41, 5.74) is 6.89. The molecular weight excluding hydrogens is 262 g/mol. The number of hydrogen-bond acceptors (Lipinski definition) is 3. The minimum absolute atomic E-state index is 0.0149. The highest BCUT2D eigenvalue weighted by Gasteiger charge is 2.06. The van der Waals surface area contributed by atoms with Crippen LogP contribution in [0.1, 0.15) is 26.2 Å². The zero-order valence-corrected chi connectivity index (χ0v) is 12.3. The van der Waals surface area contributed by atoms with Crippen LogP contribution in [-0.2, 0) is 4.79 Å². The number of hydrogen-bond donors (Lipinski definition) is 2. The lowest BCUT2D eigenvalue weighted by Crippen LogP contribution is -2.22. The van der Waals surface area contributed by atoms with Gasteiger partial charge in [-0.25, -0.2) is 0 Å². The van der Waals surface area contributed by atoms with Crippen LogP contribution in [0.5, 0.6) is 0 Å². The van der Waals surface area contributed by atoms with Crippen molar-refractivity contribution in [1.29, 1.82) is 0 Å². The van der Waals surface area contributed by atoms with E-state index in [4.69, 9.17) is 17.3 Å². The first-order valence-corrected chi connectivity index (χ1v) is 6.94. The van der Waals surface area contributed by atoms with E-state index in [1.807, 2.05) is 0 Å². The molecule has 0 atom stereocenters. The van der Waals surface area contributed by atoms with Gasteiger partial charge in [0.1, 0.15) is 0 Å². The third-order valence-corrected chi connectivity index (χ3v) is 3.07. The first-order chi connectivity index (χ1) is 9.02. The molecule has 1 aromatic carbocycles. The molecular formula is C14H22ClN3O. The molecule has 0 aliphatic rings. The number of benzene rings is 1. The Morgan fingerprint density at radius 1 is 1.42 bits per heavy atom. The van der Waals surface area contributed by atoms with Gasteiger partial charge in [0, 0.05) is 11.4 Å². The minimum Gasteiger partial charge on any atom is -0.397 e. The van der Waals surface area contributed by atoms with Crippen molar-refractivity contribution in [2.45, 2.75) is 26.2 Å². The van der Waals surface area contributed by atoms with E-state index in [1.54, 1.807) is 18.2 Å². The Hall–Kier alpha value is -1.26. The normalized spacial score (nSPS) is 10.7. The SMILES string of the molecule is CCCN(C)CCCC(=O)Nc1ccc(Cl)cc1N. The van der Waals surface area contributed by atoms with E-state index >= 15 is 0 Å². The third kappa shape index (κ3) is 5.94. The number of nitrogens with two attached hydrogens (primary N) is 1. The highest BCUT2D eigenvalue weighted by Crippen LogP contribution is 2.22. The van der Waals surface area contributed by atoms with Crippen LogP contribution in [0.4, 0.5) is 11.4 Å². The van der Waals surface area contributed by atoms with Gasteiger partial charge < -0.3 is 16.0 Å². The van der Waals surface area contributed by atoms with E-state index in [0.29, 0.717) is 22.8 Å². The smallest absolute Gasteiger partial charge is 0.224 e. The van der Waals surface area contributed by atoms with E-state index in [1.165, 1.54) is 0 Å². The Morgan fingerprint density at radius 3 is 2.79 bits per heavy atom. The molecule has 5 heteroatoms. The lowest BCUT2D eigenvalue weighted by atomic mass is 10.2. The number of nitrogen functional groups attached to an aromatic ring is 1. The van der Waals surface area contributed by atoms with Gasteiger partial charge in [-0.3, -0.25) is 4.79 Å². The molecule has 3 N–H and O–H groups in total. The van der Waals surface area contributed by atoms with Crippen molar-refractivity contribution in [2.24, 2.45) is 0 Å². The number of rotatable bonds is 7. The lowest BCUT2D eigenvalue weighted by molar-refractivity contribution is -0.116. The van der Waals surface area contributed by atoms with Crippen molar-refractivity contribution in [1.82, 2.24) is 4.90 Å². The first kappa shape index (κ1) is 15.8. The van der Waals surface area contributed by atoms with Crippen molar-refractivity contribution >= 4 is 28.9 Å². The summed E-state index contributed by atoms with van der Waals surface area (Å²) in [6, 6.07) is 5.06. The van der Waals surface area contributed by atoms with E-state index in [-0.39, 0.29) is 5.91 Å². The van der Waals surface area contributed by atoms with Gasteiger partial charge in [0.2, 0.25) is 5.91 Å². The summed E-state index contributed by atoms with van der Waals surface area (Å²) in [5, 5.41) is 3.37. The molecule has 0 unspecified atom stereocenters. The molecule has 0 spiro atoms. The van der Waals surface area contributed by atoms with Gasteiger partial charge in [0.25, 0.3) is 0 Å². The van der Waals surface area contributed by atoms with Gasteiger partial charge in [-0.2, -0.15) is 0 Å². The van der Waals surface area contributed by atoms with Gasteiger partial charge >= 0.3 is 0 Å². The average molecular weight is 284 g/mol. The molecule has 0 radical (unpaired) electrons. The number of halogens is 1. The highest BCUT2D eigenvalue weighted by molar-refractivity contribution is 6.31. The van der Waals surface area contributed by atoms with Gasteiger partial charge in [-0.05, 0) is 51.2 Å². The summed E-state index contributed by atoms with van der Waals surface area (Å²) in [5.74, 6) is -0.0149. The second kappa shape index (κ2) is 8.02. The van der Waals surface area contributed by atoms with Gasteiger partial charge in [0.05, 0.1) is 11.4 Å². The summed E-state index contributed by atoms with van der Waals surface area (Å²) in [6.07, 6.45) is 2.47. The zero-order valence-electron chi connectivity index (χ0n) is 11.6. The predicted octanol–water partition coefficient (Wildman–Crippen LogP) is 2.98. The van der Waals surface area contributed by atoms with Gasteiger partial charge in [0.15, 0.2) is 0 Å². The van der Waals surface area contributed by atoms with Crippen LogP contribution in [0.2, 0.25) is 5.02 Å². The molecule has 1 rings (SSSR count). The first-order valence-electron chi connectivity index (χ1n) is 6.56. The summed E-state index contributed by atoms with van der Waals surface area (Å²) in [7, 11) is 2.07. The number of anilines is 2. The summed E-state index contributed by atoms with van der Waals surface area (Å²) in [6.45, 7) is 4.13. The average Bonchev–Trinajstić information content (AvgIpc) is 2.33. The molecule has 1 amide bonds. The zero-order chi connectivity index (χ0) is 14.3. The third-order valence-electron chi connectivity index (χ3n) is 2.84. The maximum Gasteiger partial charge on any atom is 0.224 e. The topological polar surface area (TPSA) is 58.4 Å². The molecule has 19 heavy (non-hydrogen) atoms. The summed E-state index contributed by atoms with van der Waals surface area (Å²) in [4.78, 5) is 14.0. The summed E-state index contributed by atoms with van der Waals surface area (Å²) < 4.78 is 0. The maximum absolute atomic E-state index is 11.8. The minimum atomic E-state index is -0.0149. The molecule has 0 saturated heterocycles. The number of carbonyl (C=O) groups is 1. The lowest BCUT2D eigenvalue weighted by Gasteiger charge is -2.15. The quantitative estimate of drug-likeness (QED) is 0.757. The maximum atomic E-state index is 11.8. The van der Waals surface area contributed by atoms with Crippen molar-refractivity contribution in [3.05, 3.63) is 23.2 Å². The standard InChI is InChI=1S/C14H22ClN3O/c1-3-8-18(2)9-4-5-14(19)17-13-7-6-11(15)10-12(13)16/h6-7,10H,3-5,8-9,16H2,1-2H3,(H,17,19). The fraction of sp³-hybridized carbons (Fsp3) is 0.500. The predicted molar refractivity (Wildman–Crippen MR) is 81.5 cm³/mol. The monoisotopic (exact) mass is 283 g/mol. The number of amides is 1. The van der Waals surface area contributed by atoms with Crippen molar-refractivity contribution < 1.29 is 4.79 Å². The number of carbonyl (C=O) groups excluding carboxylic acids is 1. The van der Waals surface area contributed by atoms with Crippen LogP contribution >= 0.6 is 11.6 Å². The number of nitrogens with zero attached hydrogens (tertiary/aromatic N) is 1. The van der Waals surface area contributed by atoms with Crippen LogP contribution in [0.3, 0.4) is 0 Å². The molecule has 0 heterocycles. The van der Waals surface area contributed by atoms with Crippen molar-refractivity contribution in [3.8, 4) is 0 Å². The van der Waals surface area contributed by atoms with Crippen molar-refractivity contribution in [2.75, 3.05) is 31.2 Å². The molecule has 0 bridgehead atoms. The Labute approximate surface area is 119 Å². The molecule has 0 aliphatic carbocycles. The molecule has 0 fully saturated rings. The highest BCUT2D eigenvalue weighted by atomic mass is 35.5. The van der Waals surface area contributed by atoms with Crippen LogP contribution in [-0.4, -0.2) is 30.9 Å². The van der Waals surface area contributed by atoms with Gasteiger partial charge in [-0.1, -0.05) is 18.5 Å². The van der Waals surface area contributed by atoms with E-state index in [0.717, 1.165) is 25.9 Å². The van der Waals surface area contributed by atoms with E-state index < -0.39 is 0 Å². The van der Waals surface area contributed by atoms with Crippen LogP contribution in [0.25, 0.3) is 0 Å². The largest absolute Gasteiger partial charge is 0.397 e. The Bertz CT molecular complexity index is 423. The second-order valence-corrected chi connectivity index (χ2v) is 5.12. The second-order valence-electron chi connectivity index (χ2n) is 4.69. The van der Waals surface area contributed by atoms with E-state index in [2.05, 4.69) is 24.2 Å². The van der Waals surface area contributed by atoms with Crippen molar-refractivity contribution in [3.63, 3.8) is 0 Å². The number of nitrogens with one attached hydrogen (secondary N) is 1. The molecule has 4 nitrogen and oxygen atoms in total. The van der Waals surface area contributed by atoms with Crippen LogP contribution in [0, 0.1) is 0 Å². The Balaban J connectivity index is 2.35. The van der Waals surface area contributed by atoms with Gasteiger partial charge in [-0.15, -0.1) is 0 Å². The molecule has 0 aromatic heterocycles. The van der Waals surface area contributed by atoms with E-state index in [9.17, 15) is 4.79 Å². The fourth-order valence-electron chi connectivity index (χ4n) is 1.86. The molecule has 106 valence electrons. The molecule has 0 aliphatic heterocycles. The van der Waals surface area contributed by atoms with Crippen LogP contribution < -0.4 is 11.1 Å². The summed E-state index contributed by atoms with van der Waals surface area (Å²) >= 11 is 5.80. The van der Waals surface area contributed by atoms with Crippen LogP contribution in [0.15, 0.2) is 18.2 Å². The Kier molecular flexibility index (Phi) is 6.67. The molecule has 0 saturated carbocycles. The molecule has 1 aromatic rings.